The van der Waals surface area contributed by atoms with Gasteiger partial charge in [-0.2, -0.15) is 5.26 Å². The van der Waals surface area contributed by atoms with Crippen LogP contribution in [0.15, 0.2) is 42.7 Å². The molecule has 0 saturated carbocycles. The average Bonchev–Trinajstić information content (AvgIpc) is 2.52. The van der Waals surface area contributed by atoms with Crippen LogP contribution in [0.25, 0.3) is 0 Å². The molecule has 2 aromatic rings. The lowest BCUT2D eigenvalue weighted by molar-refractivity contribution is 0.0747. The number of aromatic nitrogens is 1. The Bertz CT molecular complexity index is 700. The molecular formula is C16H13ClFN3O. The summed E-state index contributed by atoms with van der Waals surface area (Å²) < 4.78 is 13.1. The Balaban J connectivity index is 2.24. The zero-order valence-electron chi connectivity index (χ0n) is 11.7. The van der Waals surface area contributed by atoms with Crippen molar-refractivity contribution in [3.8, 4) is 6.07 Å². The number of hydrogen-bond donors (Lipinski definition) is 0. The number of halogens is 2. The SMILES string of the molecule is N#CCCN(Cc1cccnc1)C(=O)c1ccc(F)cc1Cl. The van der Waals surface area contributed by atoms with Gasteiger partial charge in [0, 0.05) is 25.5 Å². The van der Waals surface area contributed by atoms with Crippen LogP contribution in [0.2, 0.25) is 5.02 Å². The number of rotatable bonds is 5. The van der Waals surface area contributed by atoms with Crippen molar-refractivity contribution in [1.29, 1.82) is 5.26 Å². The minimum absolute atomic E-state index is 0.0538. The fourth-order valence-corrected chi connectivity index (χ4v) is 2.23. The van der Waals surface area contributed by atoms with Crippen molar-refractivity contribution in [3.05, 3.63) is 64.7 Å². The lowest BCUT2D eigenvalue weighted by Crippen LogP contribution is -2.31. The third-order valence-electron chi connectivity index (χ3n) is 3.04. The Morgan fingerprint density at radius 3 is 2.86 bits per heavy atom. The van der Waals surface area contributed by atoms with Crippen molar-refractivity contribution in [2.24, 2.45) is 0 Å². The second-order valence-corrected chi connectivity index (χ2v) is 5.03. The van der Waals surface area contributed by atoms with Gasteiger partial charge in [0.05, 0.1) is 23.1 Å². The van der Waals surface area contributed by atoms with Gasteiger partial charge in [0.25, 0.3) is 5.91 Å². The number of hydrogen-bond acceptors (Lipinski definition) is 3. The summed E-state index contributed by atoms with van der Waals surface area (Å²) in [6, 6.07) is 9.26. The molecule has 0 saturated heterocycles. The van der Waals surface area contributed by atoms with Crippen LogP contribution in [-0.4, -0.2) is 22.3 Å². The van der Waals surface area contributed by atoms with E-state index in [-0.39, 0.29) is 29.5 Å². The number of amides is 1. The first-order valence-corrected chi connectivity index (χ1v) is 7.00. The van der Waals surface area contributed by atoms with Gasteiger partial charge in [-0.25, -0.2) is 4.39 Å². The number of pyridine rings is 1. The van der Waals surface area contributed by atoms with E-state index in [1.807, 2.05) is 12.1 Å². The third kappa shape index (κ3) is 4.03. The van der Waals surface area contributed by atoms with Crippen LogP contribution >= 0.6 is 11.6 Å². The van der Waals surface area contributed by atoms with Crippen LogP contribution in [0, 0.1) is 17.1 Å². The van der Waals surface area contributed by atoms with E-state index in [0.717, 1.165) is 11.6 Å². The molecule has 22 heavy (non-hydrogen) atoms. The second kappa shape index (κ2) is 7.53. The average molecular weight is 318 g/mol. The van der Waals surface area contributed by atoms with Crippen molar-refractivity contribution in [2.45, 2.75) is 13.0 Å². The van der Waals surface area contributed by atoms with Gasteiger partial charge in [0.2, 0.25) is 0 Å². The van der Waals surface area contributed by atoms with E-state index in [2.05, 4.69) is 4.98 Å². The number of benzene rings is 1. The molecule has 1 heterocycles. The molecule has 0 bridgehead atoms. The lowest BCUT2D eigenvalue weighted by atomic mass is 10.1. The summed E-state index contributed by atoms with van der Waals surface area (Å²) >= 11 is 5.94. The molecular weight excluding hydrogens is 305 g/mol. The molecule has 1 amide bonds. The van der Waals surface area contributed by atoms with E-state index < -0.39 is 5.82 Å². The molecule has 0 aliphatic carbocycles. The minimum atomic E-state index is -0.502. The molecule has 1 aromatic heterocycles. The summed E-state index contributed by atoms with van der Waals surface area (Å²) in [7, 11) is 0. The van der Waals surface area contributed by atoms with Crippen molar-refractivity contribution in [2.75, 3.05) is 6.54 Å². The Morgan fingerprint density at radius 2 is 2.23 bits per heavy atom. The second-order valence-electron chi connectivity index (χ2n) is 4.62. The van der Waals surface area contributed by atoms with Gasteiger partial charge in [-0.3, -0.25) is 9.78 Å². The van der Waals surface area contributed by atoms with E-state index in [1.54, 1.807) is 18.5 Å². The highest BCUT2D eigenvalue weighted by Gasteiger charge is 2.19. The fourth-order valence-electron chi connectivity index (χ4n) is 1.98. The maximum atomic E-state index is 13.1. The zero-order chi connectivity index (χ0) is 15.9. The summed E-state index contributed by atoms with van der Waals surface area (Å²) in [6.45, 7) is 0.569. The quantitative estimate of drug-likeness (QED) is 0.849. The Kier molecular flexibility index (Phi) is 5.45. The molecule has 0 fully saturated rings. The van der Waals surface area contributed by atoms with Gasteiger partial charge in [-0.15, -0.1) is 0 Å². The number of nitriles is 1. The third-order valence-corrected chi connectivity index (χ3v) is 3.35. The highest BCUT2D eigenvalue weighted by Crippen LogP contribution is 2.20. The van der Waals surface area contributed by atoms with Crippen molar-refractivity contribution >= 4 is 17.5 Å². The predicted molar refractivity (Wildman–Crippen MR) is 80.6 cm³/mol. The van der Waals surface area contributed by atoms with Crippen LogP contribution in [-0.2, 0) is 6.54 Å². The van der Waals surface area contributed by atoms with E-state index >= 15 is 0 Å². The van der Waals surface area contributed by atoms with Gasteiger partial charge in [0.1, 0.15) is 5.82 Å². The van der Waals surface area contributed by atoms with Gasteiger partial charge in [-0.1, -0.05) is 17.7 Å². The summed E-state index contributed by atoms with van der Waals surface area (Å²) in [4.78, 5) is 18.1. The summed E-state index contributed by atoms with van der Waals surface area (Å²) in [5.74, 6) is -0.846. The van der Waals surface area contributed by atoms with Crippen LogP contribution in [0.3, 0.4) is 0 Å². The molecule has 0 atom stereocenters. The Morgan fingerprint density at radius 1 is 1.41 bits per heavy atom. The van der Waals surface area contributed by atoms with Gasteiger partial charge in [0.15, 0.2) is 0 Å². The molecule has 6 heteroatoms. The molecule has 112 valence electrons. The maximum absolute atomic E-state index is 13.1. The smallest absolute Gasteiger partial charge is 0.255 e. The largest absolute Gasteiger partial charge is 0.333 e. The van der Waals surface area contributed by atoms with Crippen LogP contribution in [0.1, 0.15) is 22.3 Å². The first kappa shape index (κ1) is 15.9. The fraction of sp³-hybridized carbons (Fsp3) is 0.188. The Hall–Kier alpha value is -2.45. The van der Waals surface area contributed by atoms with Crippen LogP contribution in [0.5, 0.6) is 0 Å². The molecule has 0 N–H and O–H groups in total. The molecule has 1 aromatic carbocycles. The molecule has 0 radical (unpaired) electrons. The Labute approximate surface area is 132 Å². The molecule has 0 aliphatic rings. The van der Waals surface area contributed by atoms with Gasteiger partial charge < -0.3 is 4.90 Å². The molecule has 4 nitrogen and oxygen atoms in total. The topological polar surface area (TPSA) is 57.0 Å². The first-order valence-electron chi connectivity index (χ1n) is 6.62. The van der Waals surface area contributed by atoms with E-state index in [9.17, 15) is 9.18 Å². The molecule has 0 spiro atoms. The van der Waals surface area contributed by atoms with Crippen molar-refractivity contribution in [3.63, 3.8) is 0 Å². The molecule has 0 unspecified atom stereocenters. The minimum Gasteiger partial charge on any atom is -0.333 e. The van der Waals surface area contributed by atoms with Crippen LogP contribution < -0.4 is 0 Å². The standard InChI is InChI=1S/C16H13ClFN3O/c17-15-9-13(18)4-5-14(15)16(22)21(8-2-6-19)11-12-3-1-7-20-10-12/h1,3-5,7,9-10H,2,8,11H2. The highest BCUT2D eigenvalue weighted by atomic mass is 35.5. The number of carbonyl (C=O) groups is 1. The number of carbonyl (C=O) groups excluding carboxylic acids is 1. The normalized spacial score (nSPS) is 10.0. The predicted octanol–water partition coefficient (Wildman–Crippen LogP) is 3.43. The summed E-state index contributed by atoms with van der Waals surface area (Å²) in [6.07, 6.45) is 3.49. The maximum Gasteiger partial charge on any atom is 0.255 e. The van der Waals surface area contributed by atoms with E-state index in [4.69, 9.17) is 16.9 Å². The number of nitrogens with zero attached hydrogens (tertiary/aromatic N) is 3. The molecule has 2 rings (SSSR count). The molecule has 0 aliphatic heterocycles. The van der Waals surface area contributed by atoms with Gasteiger partial charge in [-0.05, 0) is 29.8 Å². The van der Waals surface area contributed by atoms with E-state index in [0.29, 0.717) is 6.54 Å². The monoisotopic (exact) mass is 317 g/mol. The van der Waals surface area contributed by atoms with Crippen LogP contribution in [0.4, 0.5) is 4.39 Å². The van der Waals surface area contributed by atoms with Crippen molar-refractivity contribution in [1.82, 2.24) is 9.88 Å². The highest BCUT2D eigenvalue weighted by molar-refractivity contribution is 6.33. The zero-order valence-corrected chi connectivity index (χ0v) is 12.4. The first-order chi connectivity index (χ1) is 10.6. The summed E-state index contributed by atoms with van der Waals surface area (Å²) in [5.41, 5.74) is 1.05. The van der Waals surface area contributed by atoms with E-state index in [1.165, 1.54) is 17.0 Å². The van der Waals surface area contributed by atoms with Crippen molar-refractivity contribution < 1.29 is 9.18 Å². The summed E-state index contributed by atoms with van der Waals surface area (Å²) in [5, 5.41) is 8.80. The lowest BCUT2D eigenvalue weighted by Gasteiger charge is -2.22. The van der Waals surface area contributed by atoms with Gasteiger partial charge >= 0.3 is 0 Å².